The van der Waals surface area contributed by atoms with Gasteiger partial charge in [0, 0.05) is 24.1 Å². The van der Waals surface area contributed by atoms with Crippen LogP contribution in [0.15, 0.2) is 4.79 Å². The third-order valence-electron chi connectivity index (χ3n) is 3.37. The molecule has 6 nitrogen and oxygen atoms in total. The third-order valence-corrected chi connectivity index (χ3v) is 3.37. The first-order chi connectivity index (χ1) is 9.61. The topological polar surface area (TPSA) is 75.7 Å². The zero-order valence-corrected chi connectivity index (χ0v) is 13.1. The molecule has 114 valence electrons. The molecule has 1 amide bonds. The van der Waals surface area contributed by atoms with Gasteiger partial charge in [-0.3, -0.25) is 14.2 Å². The minimum absolute atomic E-state index is 0.00690. The molecule has 0 aliphatic heterocycles. The van der Waals surface area contributed by atoms with Gasteiger partial charge in [-0.15, -0.1) is 0 Å². The van der Waals surface area contributed by atoms with Crippen molar-refractivity contribution in [1.82, 2.24) is 9.88 Å². The Balaban J connectivity index is 3.01. The summed E-state index contributed by atoms with van der Waals surface area (Å²) in [5.41, 5.74) is -0.0500. The average molecular weight is 291 g/mol. The van der Waals surface area contributed by atoms with Crippen LogP contribution in [0.3, 0.4) is 0 Å². The van der Waals surface area contributed by atoms with Gasteiger partial charge in [-0.05, 0) is 19.4 Å². The first kappa shape index (κ1) is 16.8. The van der Waals surface area contributed by atoms with E-state index >= 15 is 0 Å². The Hall–Kier alpha value is -2.29. The Labute approximate surface area is 124 Å². The second-order valence-electron chi connectivity index (χ2n) is 6.00. The molecular weight excluding hydrogens is 270 g/mol. The molecule has 0 atom stereocenters. The fraction of sp³-hybridized carbons (Fsp3) is 0.533. The van der Waals surface area contributed by atoms with E-state index in [-0.39, 0.29) is 30.6 Å². The molecule has 21 heavy (non-hydrogen) atoms. The predicted octanol–water partition coefficient (Wildman–Crippen LogP) is 1.88. The molecule has 6 heteroatoms. The van der Waals surface area contributed by atoms with Crippen LogP contribution in [0.2, 0.25) is 0 Å². The first-order valence-electron chi connectivity index (χ1n) is 6.70. The number of carbonyl (C=O) groups excluding carboxylic acids is 1. The fourth-order valence-electron chi connectivity index (χ4n) is 1.82. The van der Waals surface area contributed by atoms with Crippen LogP contribution >= 0.6 is 0 Å². The second-order valence-corrected chi connectivity index (χ2v) is 6.00. The first-order valence-corrected chi connectivity index (χ1v) is 6.70. The maximum Gasteiger partial charge on any atom is 0.259 e. The third kappa shape index (κ3) is 3.43. The van der Waals surface area contributed by atoms with E-state index in [1.165, 1.54) is 0 Å². The van der Waals surface area contributed by atoms with E-state index in [2.05, 4.69) is 10.2 Å². The van der Waals surface area contributed by atoms with Gasteiger partial charge in [0.25, 0.3) is 11.2 Å². The molecule has 0 unspecified atom stereocenters. The van der Waals surface area contributed by atoms with E-state index in [1.807, 2.05) is 0 Å². The maximum atomic E-state index is 12.1. The van der Waals surface area contributed by atoms with E-state index in [0.717, 1.165) is 4.57 Å². The molecule has 1 aromatic heterocycles. The molecule has 0 saturated heterocycles. The van der Waals surface area contributed by atoms with Crippen molar-refractivity contribution in [2.45, 2.75) is 41.2 Å². The summed E-state index contributed by atoms with van der Waals surface area (Å²) in [4.78, 5) is 27.1. The molecular formula is C15H21N3O3. The van der Waals surface area contributed by atoms with Crippen LogP contribution in [0.4, 0.5) is 5.69 Å². The van der Waals surface area contributed by atoms with E-state index in [1.54, 1.807) is 34.6 Å². The van der Waals surface area contributed by atoms with Crippen LogP contribution in [0.5, 0.6) is 5.88 Å². The van der Waals surface area contributed by atoms with Crippen LogP contribution in [-0.2, 0) is 11.3 Å². The lowest BCUT2D eigenvalue weighted by Crippen LogP contribution is -2.37. The SMILES string of the molecule is [C-]#[N+]c1c(C)c(C)c(O)n(CCNC(=O)C(C)(C)C)c1=O. The Morgan fingerprint density at radius 2 is 1.90 bits per heavy atom. The molecule has 0 fully saturated rings. The Kier molecular flexibility index (Phi) is 4.79. The van der Waals surface area contributed by atoms with Crippen molar-refractivity contribution < 1.29 is 9.90 Å². The monoisotopic (exact) mass is 291 g/mol. The van der Waals surface area contributed by atoms with E-state index in [9.17, 15) is 14.7 Å². The van der Waals surface area contributed by atoms with Crippen molar-refractivity contribution in [3.63, 3.8) is 0 Å². The highest BCUT2D eigenvalue weighted by Crippen LogP contribution is 2.24. The van der Waals surface area contributed by atoms with E-state index in [0.29, 0.717) is 11.1 Å². The quantitative estimate of drug-likeness (QED) is 0.835. The second kappa shape index (κ2) is 6.00. The van der Waals surface area contributed by atoms with Crippen LogP contribution in [0, 0.1) is 25.8 Å². The number of nitrogens with one attached hydrogen (secondary N) is 1. The number of pyridine rings is 1. The van der Waals surface area contributed by atoms with Gasteiger partial charge in [0.05, 0.1) is 6.57 Å². The summed E-state index contributed by atoms with van der Waals surface area (Å²) in [7, 11) is 0. The van der Waals surface area contributed by atoms with Crippen molar-refractivity contribution in [2.75, 3.05) is 6.54 Å². The number of hydrogen-bond acceptors (Lipinski definition) is 3. The highest BCUT2D eigenvalue weighted by atomic mass is 16.3. The standard InChI is InChI=1S/C15H21N3O3/c1-9-10(2)12(19)18(13(20)11(9)16-6)8-7-17-14(21)15(3,4)5/h19H,7-8H2,1-5H3,(H,17,21). The minimum atomic E-state index is -0.532. The Morgan fingerprint density at radius 3 is 2.38 bits per heavy atom. The van der Waals surface area contributed by atoms with Gasteiger partial charge in [0.2, 0.25) is 5.91 Å². The molecule has 0 spiro atoms. The molecule has 0 radical (unpaired) electrons. The summed E-state index contributed by atoms with van der Waals surface area (Å²) < 4.78 is 1.12. The molecule has 0 aliphatic carbocycles. The summed E-state index contributed by atoms with van der Waals surface area (Å²) >= 11 is 0. The van der Waals surface area contributed by atoms with Crippen molar-refractivity contribution >= 4 is 11.6 Å². The fourth-order valence-corrected chi connectivity index (χ4v) is 1.82. The molecule has 0 aliphatic rings. The highest BCUT2D eigenvalue weighted by Gasteiger charge is 2.21. The summed E-state index contributed by atoms with van der Waals surface area (Å²) in [5.74, 6) is -0.292. The summed E-state index contributed by atoms with van der Waals surface area (Å²) in [6.45, 7) is 16.1. The largest absolute Gasteiger partial charge is 0.494 e. The molecule has 1 heterocycles. The predicted molar refractivity (Wildman–Crippen MR) is 80.6 cm³/mol. The number of nitrogens with zero attached hydrogens (tertiary/aromatic N) is 2. The van der Waals surface area contributed by atoms with Gasteiger partial charge < -0.3 is 10.4 Å². The molecule has 0 saturated carbocycles. The zero-order chi connectivity index (χ0) is 16.4. The van der Waals surface area contributed by atoms with E-state index in [4.69, 9.17) is 6.57 Å². The normalized spacial score (nSPS) is 11.0. The molecule has 0 bridgehead atoms. The van der Waals surface area contributed by atoms with Crippen LogP contribution < -0.4 is 10.9 Å². The van der Waals surface area contributed by atoms with Gasteiger partial charge in [-0.25, -0.2) is 4.85 Å². The van der Waals surface area contributed by atoms with Crippen LogP contribution in [0.1, 0.15) is 31.9 Å². The van der Waals surface area contributed by atoms with Gasteiger partial charge in [0.15, 0.2) is 5.88 Å². The molecule has 0 aromatic carbocycles. The van der Waals surface area contributed by atoms with Crippen LogP contribution in [0.25, 0.3) is 4.85 Å². The molecule has 1 rings (SSSR count). The lowest BCUT2D eigenvalue weighted by atomic mass is 9.96. The zero-order valence-electron chi connectivity index (χ0n) is 13.1. The van der Waals surface area contributed by atoms with Gasteiger partial charge >= 0.3 is 0 Å². The summed E-state index contributed by atoms with van der Waals surface area (Å²) in [6.07, 6.45) is 0. The number of aromatic nitrogens is 1. The van der Waals surface area contributed by atoms with Crippen molar-refractivity contribution in [3.8, 4) is 5.88 Å². The minimum Gasteiger partial charge on any atom is -0.494 e. The lowest BCUT2D eigenvalue weighted by molar-refractivity contribution is -0.128. The van der Waals surface area contributed by atoms with E-state index < -0.39 is 11.0 Å². The maximum absolute atomic E-state index is 12.1. The number of aromatic hydroxyl groups is 1. The number of carbonyl (C=O) groups is 1. The summed E-state index contributed by atoms with van der Waals surface area (Å²) in [5, 5.41) is 12.8. The Morgan fingerprint density at radius 1 is 1.33 bits per heavy atom. The highest BCUT2D eigenvalue weighted by molar-refractivity contribution is 5.81. The number of amides is 1. The van der Waals surface area contributed by atoms with Crippen LogP contribution in [-0.4, -0.2) is 22.1 Å². The number of rotatable bonds is 3. The van der Waals surface area contributed by atoms with Crippen molar-refractivity contribution in [2.24, 2.45) is 5.41 Å². The van der Waals surface area contributed by atoms with Gasteiger partial charge in [0.1, 0.15) is 0 Å². The smallest absolute Gasteiger partial charge is 0.259 e. The van der Waals surface area contributed by atoms with Gasteiger partial charge in [-0.1, -0.05) is 20.8 Å². The lowest BCUT2D eigenvalue weighted by Gasteiger charge is -2.19. The summed E-state index contributed by atoms with van der Waals surface area (Å²) in [6, 6.07) is 0. The van der Waals surface area contributed by atoms with Crippen molar-refractivity contribution in [3.05, 3.63) is 32.9 Å². The average Bonchev–Trinajstić information content (AvgIpc) is 2.39. The molecule has 2 N–H and O–H groups in total. The van der Waals surface area contributed by atoms with Crippen molar-refractivity contribution in [1.29, 1.82) is 0 Å². The number of hydrogen-bond donors (Lipinski definition) is 2. The molecule has 1 aromatic rings. The van der Waals surface area contributed by atoms with Gasteiger partial charge in [-0.2, -0.15) is 0 Å². The Bertz CT molecular complexity index is 661.